The molecule has 0 unspecified atom stereocenters. The fraction of sp³-hybridized carbons (Fsp3) is 0.375. The summed E-state index contributed by atoms with van der Waals surface area (Å²) < 4.78 is 0. The van der Waals surface area contributed by atoms with Crippen molar-refractivity contribution >= 4 is 17.9 Å². The third-order valence-corrected chi connectivity index (χ3v) is 3.42. The summed E-state index contributed by atoms with van der Waals surface area (Å²) in [6.07, 6.45) is 5.07. The predicted octanol–water partition coefficient (Wildman–Crippen LogP) is 2.46. The normalized spacial score (nSPS) is 14.6. The summed E-state index contributed by atoms with van der Waals surface area (Å²) in [6.45, 7) is 1.94. The number of hydrogen-bond acceptors (Lipinski definition) is 2. The van der Waals surface area contributed by atoms with Crippen LogP contribution in [0.15, 0.2) is 36.4 Å². The van der Waals surface area contributed by atoms with Gasteiger partial charge >= 0.3 is 6.03 Å². The Morgan fingerprint density at radius 3 is 2.75 bits per heavy atom. The van der Waals surface area contributed by atoms with Crippen LogP contribution < -0.4 is 5.32 Å². The number of unbranched alkanes of at least 4 members (excludes halogenated alkanes) is 1. The number of hydrogen-bond donors (Lipinski definition) is 1. The molecule has 4 nitrogen and oxygen atoms in total. The molecule has 1 N–H and O–H groups in total. The molecule has 1 aromatic rings. The SMILES string of the molecule is O=CCCCNC(=O)N1CC=C(c2ccccc2)CC1. The molecule has 0 spiro atoms. The Kier molecular flexibility index (Phi) is 5.35. The molecule has 2 amide bonds. The van der Waals surface area contributed by atoms with E-state index in [0.717, 1.165) is 19.3 Å². The van der Waals surface area contributed by atoms with Crippen LogP contribution in [0.3, 0.4) is 0 Å². The molecular formula is C16H20N2O2. The smallest absolute Gasteiger partial charge is 0.317 e. The van der Waals surface area contributed by atoms with Gasteiger partial charge in [-0.1, -0.05) is 36.4 Å². The quantitative estimate of drug-likeness (QED) is 0.661. The van der Waals surface area contributed by atoms with Gasteiger partial charge in [0.25, 0.3) is 0 Å². The van der Waals surface area contributed by atoms with Gasteiger partial charge in [-0.15, -0.1) is 0 Å². The second-order valence-corrected chi connectivity index (χ2v) is 4.83. The van der Waals surface area contributed by atoms with E-state index in [9.17, 15) is 9.59 Å². The number of urea groups is 1. The zero-order valence-corrected chi connectivity index (χ0v) is 11.5. The first kappa shape index (κ1) is 14.3. The molecule has 20 heavy (non-hydrogen) atoms. The van der Waals surface area contributed by atoms with Gasteiger partial charge in [0.1, 0.15) is 6.29 Å². The summed E-state index contributed by atoms with van der Waals surface area (Å²) in [5, 5.41) is 2.84. The third kappa shape index (κ3) is 3.95. The molecule has 0 radical (unpaired) electrons. The Morgan fingerprint density at radius 2 is 2.10 bits per heavy atom. The molecule has 0 fully saturated rings. The van der Waals surface area contributed by atoms with Crippen LogP contribution >= 0.6 is 0 Å². The van der Waals surface area contributed by atoms with Gasteiger partial charge in [-0.2, -0.15) is 0 Å². The Morgan fingerprint density at radius 1 is 1.30 bits per heavy atom. The van der Waals surface area contributed by atoms with Crippen LogP contribution in [0.25, 0.3) is 5.57 Å². The van der Waals surface area contributed by atoms with Crippen molar-refractivity contribution in [2.45, 2.75) is 19.3 Å². The first-order chi connectivity index (χ1) is 9.81. The predicted molar refractivity (Wildman–Crippen MR) is 79.3 cm³/mol. The maximum atomic E-state index is 11.9. The van der Waals surface area contributed by atoms with Gasteiger partial charge in [0.15, 0.2) is 0 Å². The highest BCUT2D eigenvalue weighted by Crippen LogP contribution is 2.21. The van der Waals surface area contributed by atoms with Crippen LogP contribution in [0.2, 0.25) is 0 Å². The molecule has 106 valence electrons. The van der Waals surface area contributed by atoms with Crippen LogP contribution in [-0.4, -0.2) is 36.9 Å². The molecule has 0 saturated heterocycles. The van der Waals surface area contributed by atoms with Crippen molar-refractivity contribution in [3.63, 3.8) is 0 Å². The van der Waals surface area contributed by atoms with Gasteiger partial charge < -0.3 is 15.0 Å². The molecule has 0 saturated carbocycles. The zero-order valence-electron chi connectivity index (χ0n) is 11.5. The summed E-state index contributed by atoms with van der Waals surface area (Å²) in [7, 11) is 0. The molecule has 2 rings (SSSR count). The van der Waals surface area contributed by atoms with Crippen LogP contribution in [0.5, 0.6) is 0 Å². The lowest BCUT2D eigenvalue weighted by molar-refractivity contribution is -0.107. The molecule has 1 aliphatic heterocycles. The Labute approximate surface area is 119 Å². The lowest BCUT2D eigenvalue weighted by Gasteiger charge is -2.26. The van der Waals surface area contributed by atoms with Crippen LogP contribution in [-0.2, 0) is 4.79 Å². The number of benzene rings is 1. The van der Waals surface area contributed by atoms with E-state index < -0.39 is 0 Å². The number of nitrogens with one attached hydrogen (secondary N) is 1. The molecule has 1 aromatic carbocycles. The van der Waals surface area contributed by atoms with Gasteiger partial charge in [0, 0.05) is 26.1 Å². The molecule has 0 bridgehead atoms. The molecular weight excluding hydrogens is 252 g/mol. The maximum Gasteiger partial charge on any atom is 0.317 e. The second-order valence-electron chi connectivity index (χ2n) is 4.83. The van der Waals surface area contributed by atoms with E-state index in [1.807, 2.05) is 18.2 Å². The highest BCUT2D eigenvalue weighted by atomic mass is 16.2. The summed E-state index contributed by atoms with van der Waals surface area (Å²) >= 11 is 0. The monoisotopic (exact) mass is 272 g/mol. The van der Waals surface area contributed by atoms with E-state index in [-0.39, 0.29) is 6.03 Å². The van der Waals surface area contributed by atoms with Gasteiger partial charge in [-0.05, 0) is 24.0 Å². The van der Waals surface area contributed by atoms with Crippen molar-refractivity contribution in [3.8, 4) is 0 Å². The lowest BCUT2D eigenvalue weighted by atomic mass is 10.00. The number of aldehydes is 1. The van der Waals surface area contributed by atoms with Crippen LogP contribution in [0.1, 0.15) is 24.8 Å². The Bertz CT molecular complexity index is 483. The van der Waals surface area contributed by atoms with Crippen LogP contribution in [0, 0.1) is 0 Å². The summed E-state index contributed by atoms with van der Waals surface area (Å²) in [4.78, 5) is 23.9. The van der Waals surface area contributed by atoms with Crippen molar-refractivity contribution in [3.05, 3.63) is 42.0 Å². The van der Waals surface area contributed by atoms with E-state index >= 15 is 0 Å². The lowest BCUT2D eigenvalue weighted by Crippen LogP contribution is -2.42. The minimum atomic E-state index is -0.0424. The van der Waals surface area contributed by atoms with E-state index in [4.69, 9.17) is 0 Å². The third-order valence-electron chi connectivity index (χ3n) is 3.42. The summed E-state index contributed by atoms with van der Waals surface area (Å²) in [5.74, 6) is 0. The van der Waals surface area contributed by atoms with E-state index in [1.54, 1.807) is 4.90 Å². The molecule has 1 heterocycles. The highest BCUT2D eigenvalue weighted by molar-refractivity contribution is 5.76. The first-order valence-electron chi connectivity index (χ1n) is 7.02. The minimum Gasteiger partial charge on any atom is -0.338 e. The molecule has 0 atom stereocenters. The maximum absolute atomic E-state index is 11.9. The Hall–Kier alpha value is -2.10. The molecule has 4 heteroatoms. The number of carbonyl (C=O) groups excluding carboxylic acids is 2. The highest BCUT2D eigenvalue weighted by Gasteiger charge is 2.17. The number of amides is 2. The summed E-state index contributed by atoms with van der Waals surface area (Å²) in [5.41, 5.74) is 2.54. The number of rotatable bonds is 5. The minimum absolute atomic E-state index is 0.0424. The van der Waals surface area contributed by atoms with Crippen molar-refractivity contribution in [2.75, 3.05) is 19.6 Å². The molecule has 1 aliphatic rings. The van der Waals surface area contributed by atoms with E-state index in [2.05, 4.69) is 23.5 Å². The van der Waals surface area contributed by atoms with Gasteiger partial charge in [0.2, 0.25) is 0 Å². The Balaban J connectivity index is 1.82. The first-order valence-corrected chi connectivity index (χ1v) is 7.02. The second kappa shape index (κ2) is 7.48. The number of nitrogens with zero attached hydrogens (tertiary/aromatic N) is 1. The van der Waals surface area contributed by atoms with E-state index in [1.165, 1.54) is 11.1 Å². The standard InChI is InChI=1S/C16H20N2O2/c19-13-5-4-10-17-16(20)18-11-8-15(9-12-18)14-6-2-1-3-7-14/h1-3,6-8,13H,4-5,9-12H2,(H,17,20). The largest absolute Gasteiger partial charge is 0.338 e. The fourth-order valence-corrected chi connectivity index (χ4v) is 2.26. The zero-order chi connectivity index (χ0) is 14.2. The molecule has 0 aromatic heterocycles. The van der Waals surface area contributed by atoms with Gasteiger partial charge in [0.05, 0.1) is 0 Å². The number of carbonyl (C=O) groups is 2. The van der Waals surface area contributed by atoms with Crippen molar-refractivity contribution in [2.24, 2.45) is 0 Å². The summed E-state index contributed by atoms with van der Waals surface area (Å²) in [6, 6.07) is 10.2. The van der Waals surface area contributed by atoms with Gasteiger partial charge in [-0.25, -0.2) is 4.79 Å². The molecule has 0 aliphatic carbocycles. The topological polar surface area (TPSA) is 49.4 Å². The fourth-order valence-electron chi connectivity index (χ4n) is 2.26. The average Bonchev–Trinajstić information content (AvgIpc) is 2.52. The average molecular weight is 272 g/mol. The van der Waals surface area contributed by atoms with Gasteiger partial charge in [-0.3, -0.25) is 0 Å². The van der Waals surface area contributed by atoms with E-state index in [0.29, 0.717) is 25.9 Å². The van der Waals surface area contributed by atoms with Crippen molar-refractivity contribution in [1.29, 1.82) is 0 Å². The van der Waals surface area contributed by atoms with Crippen molar-refractivity contribution < 1.29 is 9.59 Å². The van der Waals surface area contributed by atoms with Crippen LogP contribution in [0.4, 0.5) is 4.79 Å². The van der Waals surface area contributed by atoms with Crippen molar-refractivity contribution in [1.82, 2.24) is 10.2 Å².